The van der Waals surface area contributed by atoms with Gasteiger partial charge in [0, 0.05) is 17.1 Å². The third kappa shape index (κ3) is 7.46. The Bertz CT molecular complexity index is 760. The van der Waals surface area contributed by atoms with Gasteiger partial charge in [-0.15, -0.1) is 0 Å². The Labute approximate surface area is 196 Å². The van der Waals surface area contributed by atoms with Crippen molar-refractivity contribution in [1.82, 2.24) is 4.90 Å². The average Bonchev–Trinajstić information content (AvgIpc) is 2.75. The fourth-order valence-corrected chi connectivity index (χ4v) is 5.14. The van der Waals surface area contributed by atoms with E-state index < -0.39 is 6.43 Å². The molecule has 0 aromatic heterocycles. The summed E-state index contributed by atoms with van der Waals surface area (Å²) in [5.41, 5.74) is 5.12. The molecule has 0 spiro atoms. The largest absolute Gasteiger partial charge is 0.319 e. The minimum absolute atomic E-state index is 0.0887. The number of hydrogen-bond acceptors (Lipinski definition) is 1. The summed E-state index contributed by atoms with van der Waals surface area (Å²) in [6.45, 7) is 15.1. The SMILES string of the molecule is C\C=C(/C=C\C=C(/C)C(F)F)N1C(C)=CCC(CC(C)C(C)CC2CCC(C)CC2)=C1C. The lowest BCUT2D eigenvalue weighted by molar-refractivity contribution is 0.190. The van der Waals surface area contributed by atoms with Crippen molar-refractivity contribution in [3.05, 3.63) is 58.6 Å². The molecule has 2 rings (SSSR count). The Kier molecular flexibility index (Phi) is 10.4. The van der Waals surface area contributed by atoms with Crippen LogP contribution in [0.4, 0.5) is 8.78 Å². The van der Waals surface area contributed by atoms with Crippen LogP contribution in [0.1, 0.15) is 93.4 Å². The van der Waals surface area contributed by atoms with E-state index in [1.165, 1.54) is 62.1 Å². The summed E-state index contributed by atoms with van der Waals surface area (Å²) >= 11 is 0. The number of nitrogens with zero attached hydrogens (tertiary/aromatic N) is 1. The molecule has 1 heterocycles. The Morgan fingerprint density at radius 3 is 2.38 bits per heavy atom. The van der Waals surface area contributed by atoms with Crippen molar-refractivity contribution in [2.75, 3.05) is 0 Å². The maximum Gasteiger partial charge on any atom is 0.259 e. The monoisotopic (exact) mass is 445 g/mol. The van der Waals surface area contributed by atoms with Crippen molar-refractivity contribution < 1.29 is 8.78 Å². The van der Waals surface area contributed by atoms with Gasteiger partial charge in [-0.3, -0.25) is 0 Å². The van der Waals surface area contributed by atoms with Crippen LogP contribution in [-0.4, -0.2) is 11.3 Å². The summed E-state index contributed by atoms with van der Waals surface area (Å²) in [6.07, 6.45) is 16.3. The molecule has 0 radical (unpaired) electrons. The number of rotatable bonds is 9. The zero-order valence-electron chi connectivity index (χ0n) is 21.4. The topological polar surface area (TPSA) is 3.24 Å². The van der Waals surface area contributed by atoms with Gasteiger partial charge < -0.3 is 4.90 Å². The Balaban J connectivity index is 2.07. The van der Waals surface area contributed by atoms with Crippen LogP contribution in [0, 0.1) is 23.7 Å². The van der Waals surface area contributed by atoms with Crippen LogP contribution in [0.2, 0.25) is 0 Å². The Morgan fingerprint density at radius 1 is 1.12 bits per heavy atom. The second kappa shape index (κ2) is 12.6. The maximum absolute atomic E-state index is 12.8. The second-order valence-electron chi connectivity index (χ2n) is 10.4. The lowest BCUT2D eigenvalue weighted by Gasteiger charge is -2.35. The Hall–Kier alpha value is -1.64. The second-order valence-corrected chi connectivity index (χ2v) is 10.4. The number of hydrogen-bond donors (Lipinski definition) is 0. The van der Waals surface area contributed by atoms with Gasteiger partial charge in [0.1, 0.15) is 0 Å². The van der Waals surface area contributed by atoms with Crippen LogP contribution in [0.5, 0.6) is 0 Å². The van der Waals surface area contributed by atoms with Gasteiger partial charge in [0.05, 0.1) is 0 Å². The van der Waals surface area contributed by atoms with Crippen molar-refractivity contribution in [1.29, 1.82) is 0 Å². The summed E-state index contributed by atoms with van der Waals surface area (Å²) < 4.78 is 25.5. The first-order valence-electron chi connectivity index (χ1n) is 12.6. The molecule has 1 aliphatic heterocycles. The summed E-state index contributed by atoms with van der Waals surface area (Å²) in [6, 6.07) is 0. The van der Waals surface area contributed by atoms with E-state index in [9.17, 15) is 8.78 Å². The fourth-order valence-electron chi connectivity index (χ4n) is 5.14. The molecule has 180 valence electrons. The quantitative estimate of drug-likeness (QED) is 0.319. The van der Waals surface area contributed by atoms with Gasteiger partial charge in [-0.05, 0) is 87.9 Å². The summed E-state index contributed by atoms with van der Waals surface area (Å²) in [4.78, 5) is 2.28. The van der Waals surface area contributed by atoms with Crippen LogP contribution in [0.15, 0.2) is 58.6 Å². The van der Waals surface area contributed by atoms with E-state index in [-0.39, 0.29) is 5.57 Å². The maximum atomic E-state index is 12.8. The lowest BCUT2D eigenvalue weighted by Crippen LogP contribution is -2.24. The summed E-state index contributed by atoms with van der Waals surface area (Å²) in [5.74, 6) is 3.22. The van der Waals surface area contributed by atoms with Crippen molar-refractivity contribution in [3.63, 3.8) is 0 Å². The first-order chi connectivity index (χ1) is 15.1. The van der Waals surface area contributed by atoms with Crippen molar-refractivity contribution >= 4 is 0 Å². The van der Waals surface area contributed by atoms with Crippen LogP contribution in [0.3, 0.4) is 0 Å². The van der Waals surface area contributed by atoms with Crippen LogP contribution >= 0.6 is 0 Å². The van der Waals surface area contributed by atoms with Crippen LogP contribution < -0.4 is 0 Å². The molecule has 0 N–H and O–H groups in total. The first kappa shape index (κ1) is 26.6. The van der Waals surface area contributed by atoms with E-state index in [1.54, 1.807) is 6.08 Å². The van der Waals surface area contributed by atoms with Crippen molar-refractivity contribution in [2.45, 2.75) is 99.8 Å². The van der Waals surface area contributed by atoms with Gasteiger partial charge in [-0.1, -0.05) is 70.8 Å². The predicted molar refractivity (Wildman–Crippen MR) is 134 cm³/mol. The van der Waals surface area contributed by atoms with Crippen LogP contribution in [-0.2, 0) is 0 Å². The molecule has 0 bridgehead atoms. The predicted octanol–water partition coefficient (Wildman–Crippen LogP) is 9.42. The minimum Gasteiger partial charge on any atom is -0.319 e. The molecule has 0 saturated heterocycles. The average molecular weight is 446 g/mol. The number of halogens is 2. The molecule has 2 unspecified atom stereocenters. The normalized spacial score (nSPS) is 25.6. The van der Waals surface area contributed by atoms with Crippen molar-refractivity contribution in [2.24, 2.45) is 23.7 Å². The molecule has 2 aliphatic rings. The highest BCUT2D eigenvalue weighted by atomic mass is 19.3. The molecule has 1 aliphatic carbocycles. The molecule has 0 aromatic rings. The zero-order chi connectivity index (χ0) is 23.8. The molecule has 0 amide bonds. The number of allylic oxidation sites excluding steroid dienone is 9. The van der Waals surface area contributed by atoms with Crippen molar-refractivity contribution in [3.8, 4) is 0 Å². The molecular formula is C29H45F2N. The molecule has 1 saturated carbocycles. The molecule has 2 atom stereocenters. The molecule has 0 aromatic carbocycles. The van der Waals surface area contributed by atoms with Gasteiger partial charge in [0.2, 0.25) is 0 Å². The lowest BCUT2D eigenvalue weighted by atomic mass is 9.75. The van der Waals surface area contributed by atoms with E-state index >= 15 is 0 Å². The van der Waals surface area contributed by atoms with E-state index in [0.29, 0.717) is 5.92 Å². The first-order valence-corrected chi connectivity index (χ1v) is 12.6. The van der Waals surface area contributed by atoms with Gasteiger partial charge in [-0.25, -0.2) is 8.78 Å². The molecular weight excluding hydrogens is 400 g/mol. The van der Waals surface area contributed by atoms with Gasteiger partial charge in [0.15, 0.2) is 0 Å². The van der Waals surface area contributed by atoms with Gasteiger partial charge >= 0.3 is 0 Å². The third-order valence-corrected chi connectivity index (χ3v) is 7.75. The standard InChI is InChI=1S/C29H45F2N/c1-8-28(11-9-10-21(3)29(30)31)32-24(6)14-17-27(25(32)7)19-23(5)22(4)18-26-15-12-20(2)13-16-26/h8-11,14,20,22-23,26,29H,12-13,15-19H2,1-7H3/b11-9-,21-10+,28-8+. The van der Waals surface area contributed by atoms with Gasteiger partial charge in [0.25, 0.3) is 6.43 Å². The Morgan fingerprint density at radius 2 is 1.78 bits per heavy atom. The highest BCUT2D eigenvalue weighted by molar-refractivity contribution is 5.36. The fraction of sp³-hybridized carbons (Fsp3) is 0.655. The van der Waals surface area contributed by atoms with E-state index in [1.807, 2.05) is 13.0 Å². The summed E-state index contributed by atoms with van der Waals surface area (Å²) in [5, 5.41) is 0. The zero-order valence-corrected chi connectivity index (χ0v) is 21.4. The molecule has 1 nitrogen and oxygen atoms in total. The minimum atomic E-state index is -2.40. The number of alkyl halides is 2. The van der Waals surface area contributed by atoms with E-state index in [0.717, 1.165) is 36.3 Å². The molecule has 32 heavy (non-hydrogen) atoms. The molecule has 1 fully saturated rings. The van der Waals surface area contributed by atoms with Crippen LogP contribution in [0.25, 0.3) is 0 Å². The van der Waals surface area contributed by atoms with Gasteiger partial charge in [-0.2, -0.15) is 0 Å². The summed E-state index contributed by atoms with van der Waals surface area (Å²) in [7, 11) is 0. The highest BCUT2D eigenvalue weighted by Crippen LogP contribution is 2.38. The smallest absolute Gasteiger partial charge is 0.259 e. The van der Waals surface area contributed by atoms with E-state index in [4.69, 9.17) is 0 Å². The van der Waals surface area contributed by atoms with E-state index in [2.05, 4.69) is 51.7 Å². The molecule has 3 heteroatoms. The third-order valence-electron chi connectivity index (χ3n) is 7.75. The highest BCUT2D eigenvalue weighted by Gasteiger charge is 2.25.